The van der Waals surface area contributed by atoms with Crippen LogP contribution in [-0.2, 0) is 0 Å². The maximum absolute atomic E-state index is 12.6. The smallest absolute Gasteiger partial charge is 0.276 e. The number of rotatable bonds is 4. The summed E-state index contributed by atoms with van der Waals surface area (Å²) in [6.45, 7) is 3.93. The molecular weight excluding hydrogens is 264 g/mol. The number of nitrogens with zero attached hydrogens (tertiary/aromatic N) is 4. The van der Waals surface area contributed by atoms with Gasteiger partial charge in [-0.3, -0.25) is 4.79 Å². The number of aryl methyl sites for hydroxylation is 1. The van der Waals surface area contributed by atoms with E-state index in [2.05, 4.69) is 17.1 Å². The topological polar surface area (TPSA) is 51.0 Å². The Labute approximate surface area is 124 Å². The van der Waals surface area contributed by atoms with Crippen LogP contribution in [-0.4, -0.2) is 38.9 Å². The van der Waals surface area contributed by atoms with Crippen LogP contribution in [0.4, 0.5) is 0 Å². The number of hydrogen-bond acceptors (Lipinski definition) is 3. The Bertz CT molecular complexity index is 646. The monoisotopic (exact) mass is 284 g/mol. The van der Waals surface area contributed by atoms with Crippen molar-refractivity contribution >= 4 is 5.91 Å². The van der Waals surface area contributed by atoms with Crippen molar-refractivity contribution in [2.24, 2.45) is 5.92 Å². The van der Waals surface area contributed by atoms with Crippen LogP contribution in [0.5, 0.6) is 0 Å². The van der Waals surface area contributed by atoms with E-state index in [0.29, 0.717) is 17.3 Å². The molecule has 0 N–H and O–H groups in total. The third kappa shape index (κ3) is 2.68. The van der Waals surface area contributed by atoms with Crippen LogP contribution in [0.2, 0.25) is 0 Å². The normalized spacial score (nSPS) is 15.8. The first kappa shape index (κ1) is 13.8. The molecule has 1 saturated carbocycles. The Hall–Kier alpha value is -2.17. The van der Waals surface area contributed by atoms with E-state index in [9.17, 15) is 4.79 Å². The SMILES string of the molecule is Cc1nn(-c2ccccc2)nc1C(=O)N(C)[C@H](C)C1CC1. The molecule has 0 aliphatic heterocycles. The fraction of sp³-hybridized carbons (Fsp3) is 0.438. The molecule has 2 aromatic rings. The summed E-state index contributed by atoms with van der Waals surface area (Å²) in [5.41, 5.74) is 1.96. The number of carbonyl (C=O) groups is 1. The summed E-state index contributed by atoms with van der Waals surface area (Å²) in [5, 5.41) is 8.74. The number of benzene rings is 1. The molecule has 1 heterocycles. The molecule has 0 bridgehead atoms. The summed E-state index contributed by atoms with van der Waals surface area (Å²) in [6, 6.07) is 9.90. The van der Waals surface area contributed by atoms with Gasteiger partial charge in [-0.1, -0.05) is 18.2 Å². The highest BCUT2D eigenvalue weighted by Crippen LogP contribution is 2.35. The summed E-state index contributed by atoms with van der Waals surface area (Å²) in [7, 11) is 1.85. The summed E-state index contributed by atoms with van der Waals surface area (Å²) in [4.78, 5) is 15.9. The van der Waals surface area contributed by atoms with Crippen molar-refractivity contribution in [1.82, 2.24) is 19.9 Å². The Balaban J connectivity index is 1.85. The zero-order chi connectivity index (χ0) is 15.0. The Kier molecular flexibility index (Phi) is 3.49. The maximum atomic E-state index is 12.6. The Morgan fingerprint density at radius 2 is 1.95 bits per heavy atom. The van der Waals surface area contributed by atoms with Crippen LogP contribution in [0.15, 0.2) is 30.3 Å². The fourth-order valence-electron chi connectivity index (χ4n) is 2.50. The van der Waals surface area contributed by atoms with Gasteiger partial charge >= 0.3 is 0 Å². The number of hydrogen-bond donors (Lipinski definition) is 0. The van der Waals surface area contributed by atoms with Gasteiger partial charge in [0, 0.05) is 13.1 Å². The molecule has 1 amide bonds. The molecular formula is C16H20N4O. The second-order valence-electron chi connectivity index (χ2n) is 5.75. The molecule has 5 nitrogen and oxygen atoms in total. The summed E-state index contributed by atoms with van der Waals surface area (Å²) < 4.78 is 0. The second kappa shape index (κ2) is 5.31. The minimum absolute atomic E-state index is 0.0471. The van der Waals surface area contributed by atoms with Crippen LogP contribution in [0, 0.1) is 12.8 Å². The first-order valence-electron chi connectivity index (χ1n) is 7.34. The molecule has 5 heteroatoms. The number of amides is 1. The third-order valence-corrected chi connectivity index (χ3v) is 4.21. The third-order valence-electron chi connectivity index (χ3n) is 4.21. The lowest BCUT2D eigenvalue weighted by molar-refractivity contribution is 0.0720. The highest BCUT2D eigenvalue weighted by molar-refractivity contribution is 5.93. The molecule has 1 atom stereocenters. The second-order valence-corrected chi connectivity index (χ2v) is 5.75. The molecule has 0 spiro atoms. The van der Waals surface area contributed by atoms with Gasteiger partial charge in [0.25, 0.3) is 5.91 Å². The molecule has 0 saturated heterocycles. The molecule has 1 aromatic carbocycles. The zero-order valence-corrected chi connectivity index (χ0v) is 12.7. The lowest BCUT2D eigenvalue weighted by atomic mass is 10.2. The fourth-order valence-corrected chi connectivity index (χ4v) is 2.50. The van der Waals surface area contributed by atoms with Gasteiger partial charge in [0.2, 0.25) is 0 Å². The molecule has 1 aromatic heterocycles. The van der Waals surface area contributed by atoms with Crippen LogP contribution in [0.25, 0.3) is 5.69 Å². The van der Waals surface area contributed by atoms with E-state index in [1.165, 1.54) is 17.6 Å². The maximum Gasteiger partial charge on any atom is 0.276 e. The van der Waals surface area contributed by atoms with Crippen molar-refractivity contribution in [2.75, 3.05) is 7.05 Å². The molecule has 1 aliphatic carbocycles. The quantitative estimate of drug-likeness (QED) is 0.866. The van der Waals surface area contributed by atoms with Gasteiger partial charge in [0.15, 0.2) is 5.69 Å². The van der Waals surface area contributed by atoms with E-state index in [0.717, 1.165) is 5.69 Å². The minimum atomic E-state index is -0.0471. The van der Waals surface area contributed by atoms with Crippen molar-refractivity contribution in [3.8, 4) is 5.69 Å². The van der Waals surface area contributed by atoms with Crippen molar-refractivity contribution in [3.05, 3.63) is 41.7 Å². The number of para-hydroxylation sites is 1. The average molecular weight is 284 g/mol. The summed E-state index contributed by atoms with van der Waals surface area (Å²) in [5.74, 6) is 0.595. The largest absolute Gasteiger partial charge is 0.337 e. The lowest BCUT2D eigenvalue weighted by Crippen LogP contribution is -2.37. The Morgan fingerprint density at radius 3 is 2.57 bits per heavy atom. The summed E-state index contributed by atoms with van der Waals surface area (Å²) in [6.07, 6.45) is 2.43. The van der Waals surface area contributed by atoms with Gasteiger partial charge in [0.1, 0.15) is 0 Å². The predicted molar refractivity (Wildman–Crippen MR) is 80.4 cm³/mol. The molecule has 0 radical (unpaired) electrons. The lowest BCUT2D eigenvalue weighted by Gasteiger charge is -2.24. The number of carbonyl (C=O) groups excluding carboxylic acids is 1. The molecule has 0 unspecified atom stereocenters. The van der Waals surface area contributed by atoms with Crippen LogP contribution >= 0.6 is 0 Å². The molecule has 3 rings (SSSR count). The highest BCUT2D eigenvalue weighted by Gasteiger charge is 2.34. The van der Waals surface area contributed by atoms with Crippen molar-refractivity contribution < 1.29 is 4.79 Å². The summed E-state index contributed by atoms with van der Waals surface area (Å²) >= 11 is 0. The molecule has 21 heavy (non-hydrogen) atoms. The van der Waals surface area contributed by atoms with E-state index >= 15 is 0 Å². The minimum Gasteiger partial charge on any atom is -0.337 e. The van der Waals surface area contributed by atoms with Gasteiger partial charge < -0.3 is 4.90 Å². The van der Waals surface area contributed by atoms with E-state index < -0.39 is 0 Å². The average Bonchev–Trinajstić information content (AvgIpc) is 3.28. The van der Waals surface area contributed by atoms with E-state index in [1.54, 1.807) is 4.90 Å². The first-order valence-corrected chi connectivity index (χ1v) is 7.34. The molecule has 1 fully saturated rings. The van der Waals surface area contributed by atoms with Gasteiger partial charge in [-0.05, 0) is 44.7 Å². The van der Waals surface area contributed by atoms with Crippen LogP contribution in [0.3, 0.4) is 0 Å². The van der Waals surface area contributed by atoms with Crippen molar-refractivity contribution in [2.45, 2.75) is 32.7 Å². The van der Waals surface area contributed by atoms with Gasteiger partial charge in [-0.2, -0.15) is 9.90 Å². The Morgan fingerprint density at radius 1 is 1.29 bits per heavy atom. The zero-order valence-electron chi connectivity index (χ0n) is 12.7. The van der Waals surface area contributed by atoms with Crippen molar-refractivity contribution in [1.29, 1.82) is 0 Å². The molecule has 1 aliphatic rings. The van der Waals surface area contributed by atoms with E-state index in [-0.39, 0.29) is 11.9 Å². The highest BCUT2D eigenvalue weighted by atomic mass is 16.2. The van der Waals surface area contributed by atoms with Crippen molar-refractivity contribution in [3.63, 3.8) is 0 Å². The van der Waals surface area contributed by atoms with Crippen LogP contribution < -0.4 is 0 Å². The van der Waals surface area contributed by atoms with Gasteiger partial charge in [-0.15, -0.1) is 5.10 Å². The van der Waals surface area contributed by atoms with E-state index in [4.69, 9.17) is 0 Å². The number of aromatic nitrogens is 3. The standard InChI is InChI=1S/C16H20N4O/c1-11-15(16(21)19(3)12(2)13-9-10-13)18-20(17-11)14-7-5-4-6-8-14/h4-8,12-13H,9-10H2,1-3H3/t12-/m1/s1. The van der Waals surface area contributed by atoms with Gasteiger partial charge in [0.05, 0.1) is 11.4 Å². The molecule has 110 valence electrons. The van der Waals surface area contributed by atoms with Gasteiger partial charge in [-0.25, -0.2) is 0 Å². The first-order chi connectivity index (χ1) is 10.1. The van der Waals surface area contributed by atoms with E-state index in [1.807, 2.05) is 44.3 Å². The predicted octanol–water partition coefficient (Wildman–Crippen LogP) is 2.45. The van der Waals surface area contributed by atoms with Crippen LogP contribution in [0.1, 0.15) is 35.9 Å².